The van der Waals surface area contributed by atoms with E-state index in [-0.39, 0.29) is 5.91 Å². The number of anilines is 2. The zero-order valence-corrected chi connectivity index (χ0v) is 14.0. The third kappa shape index (κ3) is 2.52. The van der Waals surface area contributed by atoms with Crippen LogP contribution in [0.2, 0.25) is 0 Å². The minimum atomic E-state index is -0.0552. The van der Waals surface area contributed by atoms with Crippen LogP contribution < -0.4 is 9.80 Å². The van der Waals surface area contributed by atoms with Crippen LogP contribution in [0.3, 0.4) is 0 Å². The summed E-state index contributed by atoms with van der Waals surface area (Å²) in [5.41, 5.74) is 2.18. The number of fused-ring (bicyclic) bond motifs is 1. The predicted molar refractivity (Wildman–Crippen MR) is 90.1 cm³/mol. The molecule has 0 unspecified atom stereocenters. The quantitative estimate of drug-likeness (QED) is 0.818. The molecule has 0 aromatic carbocycles. The third-order valence-electron chi connectivity index (χ3n) is 4.74. The van der Waals surface area contributed by atoms with Crippen LogP contribution in [0.4, 0.5) is 11.6 Å². The Morgan fingerprint density at radius 2 is 1.96 bits per heavy atom. The Hall–Kier alpha value is -2.48. The summed E-state index contributed by atoms with van der Waals surface area (Å²) in [6.45, 7) is 7.63. The van der Waals surface area contributed by atoms with E-state index in [4.69, 9.17) is 0 Å². The van der Waals surface area contributed by atoms with Gasteiger partial charge in [0.2, 0.25) is 5.95 Å². The maximum atomic E-state index is 12.6. The molecule has 8 nitrogen and oxygen atoms in total. The SMILES string of the molecule is CCN1CCN(c2ncc3c(n2)CN(c2cnn(C)c2)C3=O)CC1. The van der Waals surface area contributed by atoms with Gasteiger partial charge in [0.25, 0.3) is 5.91 Å². The molecule has 126 valence electrons. The van der Waals surface area contributed by atoms with Crippen molar-refractivity contribution < 1.29 is 4.79 Å². The summed E-state index contributed by atoms with van der Waals surface area (Å²) in [6, 6.07) is 0. The Balaban J connectivity index is 1.55. The topological polar surface area (TPSA) is 70.4 Å². The molecule has 0 spiro atoms. The number of amides is 1. The first-order chi connectivity index (χ1) is 11.7. The van der Waals surface area contributed by atoms with E-state index in [0.717, 1.165) is 50.1 Å². The molecule has 2 aromatic heterocycles. The van der Waals surface area contributed by atoms with Crippen molar-refractivity contribution in [3.63, 3.8) is 0 Å². The number of piperazine rings is 1. The lowest BCUT2D eigenvalue weighted by Crippen LogP contribution is -2.46. The molecule has 1 fully saturated rings. The first-order valence-corrected chi connectivity index (χ1v) is 8.29. The summed E-state index contributed by atoms with van der Waals surface area (Å²) in [6.07, 6.45) is 5.20. The van der Waals surface area contributed by atoms with Crippen LogP contribution in [0.1, 0.15) is 23.0 Å². The van der Waals surface area contributed by atoms with Gasteiger partial charge in [-0.25, -0.2) is 9.97 Å². The molecule has 1 saturated heterocycles. The van der Waals surface area contributed by atoms with Crippen LogP contribution in [-0.4, -0.2) is 63.3 Å². The highest BCUT2D eigenvalue weighted by Gasteiger charge is 2.32. The highest BCUT2D eigenvalue weighted by Crippen LogP contribution is 2.27. The van der Waals surface area contributed by atoms with Gasteiger partial charge in [0.1, 0.15) is 0 Å². The Morgan fingerprint density at radius 1 is 1.17 bits per heavy atom. The van der Waals surface area contributed by atoms with Crippen LogP contribution in [0.25, 0.3) is 0 Å². The molecular formula is C16H21N7O. The number of carbonyl (C=O) groups excluding carboxylic acids is 1. The number of carbonyl (C=O) groups is 1. The summed E-state index contributed by atoms with van der Waals surface area (Å²) in [5, 5.41) is 4.14. The standard InChI is InChI=1S/C16H21N7O/c1-3-21-4-6-22(7-5-21)16-17-9-13-14(19-16)11-23(15(13)24)12-8-18-20(2)10-12/h8-10H,3-7,11H2,1-2H3. The number of aryl methyl sites for hydroxylation is 1. The fraction of sp³-hybridized carbons (Fsp3) is 0.500. The monoisotopic (exact) mass is 327 g/mol. The average Bonchev–Trinajstić information content (AvgIpc) is 3.18. The fourth-order valence-corrected chi connectivity index (χ4v) is 3.25. The lowest BCUT2D eigenvalue weighted by atomic mass is 10.2. The Bertz CT molecular complexity index is 764. The zero-order chi connectivity index (χ0) is 16.7. The van der Waals surface area contributed by atoms with Crippen molar-refractivity contribution in [3.05, 3.63) is 29.8 Å². The predicted octanol–water partition coefficient (Wildman–Crippen LogP) is 0.512. The van der Waals surface area contributed by atoms with Crippen molar-refractivity contribution in [3.8, 4) is 0 Å². The lowest BCUT2D eigenvalue weighted by Gasteiger charge is -2.34. The molecule has 0 saturated carbocycles. The fourth-order valence-electron chi connectivity index (χ4n) is 3.25. The molecule has 4 heterocycles. The van der Waals surface area contributed by atoms with Crippen LogP contribution >= 0.6 is 0 Å². The van der Waals surface area contributed by atoms with E-state index in [9.17, 15) is 4.79 Å². The van der Waals surface area contributed by atoms with Crippen molar-refractivity contribution in [2.75, 3.05) is 42.5 Å². The zero-order valence-electron chi connectivity index (χ0n) is 14.0. The van der Waals surface area contributed by atoms with Crippen molar-refractivity contribution in [1.82, 2.24) is 24.6 Å². The van der Waals surface area contributed by atoms with Crippen LogP contribution in [0.5, 0.6) is 0 Å². The molecule has 0 radical (unpaired) electrons. The second-order valence-electron chi connectivity index (χ2n) is 6.22. The smallest absolute Gasteiger partial charge is 0.262 e. The number of aromatic nitrogens is 4. The Morgan fingerprint density at radius 3 is 2.62 bits per heavy atom. The molecule has 0 aliphatic carbocycles. The minimum absolute atomic E-state index is 0.0552. The van der Waals surface area contributed by atoms with E-state index in [2.05, 4.69) is 31.8 Å². The highest BCUT2D eigenvalue weighted by molar-refractivity contribution is 6.09. The summed E-state index contributed by atoms with van der Waals surface area (Å²) >= 11 is 0. The van der Waals surface area contributed by atoms with Crippen molar-refractivity contribution in [2.24, 2.45) is 7.05 Å². The summed E-state index contributed by atoms with van der Waals surface area (Å²) in [7, 11) is 1.84. The largest absolute Gasteiger partial charge is 0.338 e. The van der Waals surface area contributed by atoms with Gasteiger partial charge in [-0.15, -0.1) is 0 Å². The third-order valence-corrected chi connectivity index (χ3v) is 4.74. The van der Waals surface area contributed by atoms with Gasteiger partial charge in [-0.3, -0.25) is 14.4 Å². The molecule has 4 rings (SSSR count). The van der Waals surface area contributed by atoms with E-state index >= 15 is 0 Å². The molecule has 2 aromatic rings. The minimum Gasteiger partial charge on any atom is -0.338 e. The van der Waals surface area contributed by atoms with Gasteiger partial charge in [-0.2, -0.15) is 5.10 Å². The van der Waals surface area contributed by atoms with Crippen molar-refractivity contribution in [1.29, 1.82) is 0 Å². The van der Waals surface area contributed by atoms with Gasteiger partial charge in [0.05, 0.1) is 29.7 Å². The van der Waals surface area contributed by atoms with Crippen LogP contribution in [-0.2, 0) is 13.6 Å². The van der Waals surface area contributed by atoms with E-state index in [1.807, 2.05) is 13.2 Å². The van der Waals surface area contributed by atoms with Crippen LogP contribution in [0, 0.1) is 0 Å². The van der Waals surface area contributed by atoms with Gasteiger partial charge in [-0.05, 0) is 6.54 Å². The molecule has 8 heteroatoms. The molecule has 24 heavy (non-hydrogen) atoms. The summed E-state index contributed by atoms with van der Waals surface area (Å²) in [5.74, 6) is 0.672. The van der Waals surface area contributed by atoms with E-state index in [0.29, 0.717) is 12.1 Å². The first-order valence-electron chi connectivity index (χ1n) is 8.29. The van der Waals surface area contributed by atoms with Gasteiger partial charge in [0.15, 0.2) is 0 Å². The molecule has 2 aliphatic heterocycles. The number of likely N-dealkylation sites (N-methyl/N-ethyl adjacent to an activating group) is 1. The number of hydrogen-bond donors (Lipinski definition) is 0. The molecule has 0 N–H and O–H groups in total. The summed E-state index contributed by atoms with van der Waals surface area (Å²) in [4.78, 5) is 28.0. The number of rotatable bonds is 3. The Labute approximate surface area is 140 Å². The van der Waals surface area contributed by atoms with Crippen LogP contribution in [0.15, 0.2) is 18.6 Å². The average molecular weight is 327 g/mol. The molecule has 1 amide bonds. The van der Waals surface area contributed by atoms with Gasteiger partial charge in [-0.1, -0.05) is 6.92 Å². The first kappa shape index (κ1) is 15.1. The molecule has 2 aliphatic rings. The molecular weight excluding hydrogens is 306 g/mol. The van der Waals surface area contributed by atoms with E-state index in [1.165, 1.54) is 0 Å². The Kier molecular flexibility index (Phi) is 3.68. The summed E-state index contributed by atoms with van der Waals surface area (Å²) < 4.78 is 1.69. The van der Waals surface area contributed by atoms with E-state index < -0.39 is 0 Å². The van der Waals surface area contributed by atoms with Gasteiger partial charge in [0, 0.05) is 45.6 Å². The van der Waals surface area contributed by atoms with Crippen molar-refractivity contribution >= 4 is 17.5 Å². The number of hydrogen-bond acceptors (Lipinski definition) is 6. The van der Waals surface area contributed by atoms with Gasteiger partial charge >= 0.3 is 0 Å². The van der Waals surface area contributed by atoms with Gasteiger partial charge < -0.3 is 9.80 Å². The van der Waals surface area contributed by atoms with E-state index in [1.54, 1.807) is 22.0 Å². The molecule has 0 atom stereocenters. The maximum Gasteiger partial charge on any atom is 0.262 e. The highest BCUT2D eigenvalue weighted by atomic mass is 16.2. The maximum absolute atomic E-state index is 12.6. The number of nitrogens with zero attached hydrogens (tertiary/aromatic N) is 7. The second kappa shape index (κ2) is 5.86. The normalized spacial score (nSPS) is 18.3. The molecule has 0 bridgehead atoms. The van der Waals surface area contributed by atoms with Crippen molar-refractivity contribution in [2.45, 2.75) is 13.5 Å². The second-order valence-corrected chi connectivity index (χ2v) is 6.22. The lowest BCUT2D eigenvalue weighted by molar-refractivity contribution is 0.0996.